The number of rotatable bonds is 4. The van der Waals surface area contributed by atoms with E-state index in [0.29, 0.717) is 5.92 Å². The number of carbonyl (C=O) groups excluding carboxylic acids is 1. The largest absolute Gasteiger partial charge is 0.408 e. The molecule has 4 heteroatoms. The molecule has 3 nitrogen and oxygen atoms in total. The molecule has 1 heterocycles. The summed E-state index contributed by atoms with van der Waals surface area (Å²) < 4.78 is 12.0. The average molecular weight is 282 g/mol. The van der Waals surface area contributed by atoms with Crippen LogP contribution < -0.4 is 0 Å². The summed E-state index contributed by atoms with van der Waals surface area (Å²) in [7, 11) is -1.89. The predicted molar refractivity (Wildman–Crippen MR) is 78.7 cm³/mol. The molecule has 3 atom stereocenters. The Hall–Kier alpha value is -0.453. The first-order chi connectivity index (χ1) is 8.52. The molecule has 0 saturated carbocycles. The highest BCUT2D eigenvalue weighted by Gasteiger charge is 2.63. The van der Waals surface area contributed by atoms with Gasteiger partial charge >= 0.3 is 0 Å². The molecule has 19 heavy (non-hydrogen) atoms. The maximum Gasteiger partial charge on any atom is 0.193 e. The first-order valence-electron chi connectivity index (χ1n) is 7.10. The Bertz CT molecular complexity index is 425. The van der Waals surface area contributed by atoms with Crippen LogP contribution in [0, 0.1) is 5.92 Å². The zero-order valence-corrected chi connectivity index (χ0v) is 14.1. The molecule has 0 spiro atoms. The van der Waals surface area contributed by atoms with Crippen molar-refractivity contribution < 1.29 is 14.0 Å². The van der Waals surface area contributed by atoms with Crippen LogP contribution >= 0.6 is 0 Å². The second-order valence-electron chi connectivity index (χ2n) is 7.34. The highest BCUT2D eigenvalue weighted by Crippen LogP contribution is 2.49. The monoisotopic (exact) mass is 282 g/mol. The van der Waals surface area contributed by atoms with Crippen molar-refractivity contribution in [3.63, 3.8) is 0 Å². The minimum absolute atomic E-state index is 0.0672. The lowest BCUT2D eigenvalue weighted by atomic mass is 9.93. The SMILES string of the molecule is CC(C)C(C)(C)[Si](C)(C)O[C@H]1C=CC(=O)[C@@]2(C)O[C@@H]12. The third-order valence-corrected chi connectivity index (χ3v) is 10.1. The van der Waals surface area contributed by atoms with Gasteiger partial charge in [-0.05, 0) is 37.0 Å². The smallest absolute Gasteiger partial charge is 0.193 e. The van der Waals surface area contributed by atoms with E-state index in [1.165, 1.54) is 0 Å². The summed E-state index contributed by atoms with van der Waals surface area (Å²) in [5.41, 5.74) is -0.619. The Morgan fingerprint density at radius 2 is 2.00 bits per heavy atom. The van der Waals surface area contributed by atoms with Crippen molar-refractivity contribution in [3.8, 4) is 0 Å². The zero-order chi connectivity index (χ0) is 14.6. The molecule has 0 aromatic carbocycles. The molecule has 0 N–H and O–H groups in total. The van der Waals surface area contributed by atoms with E-state index in [-0.39, 0.29) is 23.0 Å². The van der Waals surface area contributed by atoms with E-state index < -0.39 is 13.9 Å². The molecule has 2 aliphatic rings. The van der Waals surface area contributed by atoms with Gasteiger partial charge in [0.25, 0.3) is 0 Å². The van der Waals surface area contributed by atoms with E-state index >= 15 is 0 Å². The number of hydrogen-bond donors (Lipinski definition) is 0. The van der Waals surface area contributed by atoms with Gasteiger partial charge in [-0.3, -0.25) is 4.79 Å². The molecule has 0 radical (unpaired) electrons. The Balaban J connectivity index is 2.14. The molecule has 108 valence electrons. The van der Waals surface area contributed by atoms with E-state index in [9.17, 15) is 4.79 Å². The Kier molecular flexibility index (Phi) is 3.36. The topological polar surface area (TPSA) is 38.8 Å². The molecule has 1 aliphatic carbocycles. The fourth-order valence-electron chi connectivity index (χ4n) is 2.55. The quantitative estimate of drug-likeness (QED) is 0.586. The minimum Gasteiger partial charge on any atom is -0.408 e. The second-order valence-corrected chi connectivity index (χ2v) is 11.9. The molecule has 1 fully saturated rings. The zero-order valence-electron chi connectivity index (χ0n) is 13.1. The summed E-state index contributed by atoms with van der Waals surface area (Å²) in [5.74, 6) is 0.634. The third-order valence-electron chi connectivity index (χ3n) is 5.51. The van der Waals surface area contributed by atoms with Gasteiger partial charge in [-0.1, -0.05) is 33.8 Å². The van der Waals surface area contributed by atoms with Gasteiger partial charge in [0.1, 0.15) is 6.10 Å². The number of ether oxygens (including phenoxy) is 1. The van der Waals surface area contributed by atoms with Crippen molar-refractivity contribution in [2.75, 3.05) is 0 Å². The van der Waals surface area contributed by atoms with Gasteiger partial charge in [-0.2, -0.15) is 0 Å². The van der Waals surface area contributed by atoms with Crippen molar-refractivity contribution in [1.82, 2.24) is 0 Å². The number of fused-ring (bicyclic) bond motifs is 1. The Morgan fingerprint density at radius 3 is 2.53 bits per heavy atom. The molecule has 1 saturated heterocycles. The Morgan fingerprint density at radius 1 is 1.42 bits per heavy atom. The van der Waals surface area contributed by atoms with Gasteiger partial charge in [0.15, 0.2) is 19.7 Å². The molecular weight excluding hydrogens is 256 g/mol. The standard InChI is InChI=1S/C15H26O3Si/c1-10(2)14(3,4)19(6,7)18-11-8-9-12(16)15(5)13(11)17-15/h8-11,13H,1-7H3/t11-,13-,15+/m0/s1. The molecule has 1 aliphatic heterocycles. The van der Waals surface area contributed by atoms with E-state index in [0.717, 1.165) is 0 Å². The first-order valence-corrected chi connectivity index (χ1v) is 10.0. The van der Waals surface area contributed by atoms with Crippen molar-refractivity contribution in [3.05, 3.63) is 12.2 Å². The van der Waals surface area contributed by atoms with Gasteiger partial charge in [-0.25, -0.2) is 0 Å². The second kappa shape index (κ2) is 4.27. The number of hydrogen-bond acceptors (Lipinski definition) is 3. The van der Waals surface area contributed by atoms with Crippen LogP contribution in [0.2, 0.25) is 18.1 Å². The average Bonchev–Trinajstić information content (AvgIpc) is 2.97. The van der Waals surface area contributed by atoms with Crippen molar-refractivity contribution in [1.29, 1.82) is 0 Å². The van der Waals surface area contributed by atoms with Crippen LogP contribution in [0.4, 0.5) is 0 Å². The minimum atomic E-state index is -1.89. The van der Waals surface area contributed by atoms with E-state index in [1.807, 2.05) is 13.0 Å². The van der Waals surface area contributed by atoms with Gasteiger partial charge in [0, 0.05) is 0 Å². The predicted octanol–water partition coefficient (Wildman–Crippen LogP) is 3.31. The molecule has 0 bridgehead atoms. The molecule has 0 aromatic heterocycles. The molecular formula is C15H26O3Si. The maximum atomic E-state index is 11.7. The van der Waals surface area contributed by atoms with Crippen LogP contribution in [0.1, 0.15) is 34.6 Å². The van der Waals surface area contributed by atoms with E-state index in [4.69, 9.17) is 9.16 Å². The summed E-state index contributed by atoms with van der Waals surface area (Å²) >= 11 is 0. The molecule has 2 rings (SSSR count). The molecule has 0 amide bonds. The van der Waals surface area contributed by atoms with Crippen LogP contribution in [0.15, 0.2) is 12.2 Å². The van der Waals surface area contributed by atoms with Crippen LogP contribution in [0.3, 0.4) is 0 Å². The fraction of sp³-hybridized carbons (Fsp3) is 0.800. The van der Waals surface area contributed by atoms with Crippen LogP contribution in [0.25, 0.3) is 0 Å². The van der Waals surface area contributed by atoms with Crippen LogP contribution in [0.5, 0.6) is 0 Å². The van der Waals surface area contributed by atoms with Gasteiger partial charge in [0.05, 0.1) is 6.10 Å². The highest BCUT2D eigenvalue weighted by molar-refractivity contribution is 6.74. The van der Waals surface area contributed by atoms with Crippen molar-refractivity contribution in [2.24, 2.45) is 5.92 Å². The number of ketones is 1. The summed E-state index contributed by atoms with van der Waals surface area (Å²) in [5, 5.41) is 0.174. The van der Waals surface area contributed by atoms with E-state index in [1.54, 1.807) is 6.08 Å². The normalized spacial score (nSPS) is 34.6. The van der Waals surface area contributed by atoms with Gasteiger partial charge in [-0.15, -0.1) is 0 Å². The lowest BCUT2D eigenvalue weighted by Crippen LogP contribution is -2.49. The number of carbonyl (C=O) groups is 1. The summed E-state index contributed by atoms with van der Waals surface area (Å²) in [6.45, 7) is 15.4. The third kappa shape index (κ3) is 2.24. The lowest BCUT2D eigenvalue weighted by molar-refractivity contribution is -0.119. The summed E-state index contributed by atoms with van der Waals surface area (Å²) in [6, 6.07) is 0. The maximum absolute atomic E-state index is 11.7. The number of epoxide rings is 1. The lowest BCUT2D eigenvalue weighted by Gasteiger charge is -2.44. The summed E-state index contributed by atoms with van der Waals surface area (Å²) in [6.07, 6.45) is 3.36. The van der Waals surface area contributed by atoms with Gasteiger partial charge < -0.3 is 9.16 Å². The van der Waals surface area contributed by atoms with Crippen LogP contribution in [-0.4, -0.2) is 31.9 Å². The first kappa shape index (κ1) is 14.9. The Labute approximate surface area is 117 Å². The summed E-state index contributed by atoms with van der Waals surface area (Å²) in [4.78, 5) is 11.7. The van der Waals surface area contributed by atoms with E-state index in [2.05, 4.69) is 40.8 Å². The molecule has 0 unspecified atom stereocenters. The fourth-order valence-corrected chi connectivity index (χ4v) is 5.12. The van der Waals surface area contributed by atoms with Crippen LogP contribution in [-0.2, 0) is 14.0 Å². The highest BCUT2D eigenvalue weighted by atomic mass is 28.4. The van der Waals surface area contributed by atoms with Gasteiger partial charge in [0.2, 0.25) is 0 Å². The molecule has 0 aromatic rings. The van der Waals surface area contributed by atoms with Crippen molar-refractivity contribution in [2.45, 2.75) is 70.6 Å². The van der Waals surface area contributed by atoms with Crippen molar-refractivity contribution >= 4 is 14.1 Å².